The molecule has 0 fully saturated rings. The average Bonchev–Trinajstić information content (AvgIpc) is 2.27. The van der Waals surface area contributed by atoms with E-state index >= 15 is 0 Å². The van der Waals surface area contributed by atoms with Crippen LogP contribution in [-0.2, 0) is 4.75 Å². The second kappa shape index (κ2) is 4.95. The van der Waals surface area contributed by atoms with Crippen LogP contribution in [-0.4, -0.2) is 16.0 Å². The maximum absolute atomic E-state index is 10.5. The summed E-state index contributed by atoms with van der Waals surface area (Å²) in [6.45, 7) is 3.19. The quantitative estimate of drug-likeness (QED) is 0.360. The number of hydrogen-bond donors (Lipinski definition) is 1. The Hall–Kier alpha value is -1.33. The molecule has 80 valence electrons. The van der Waals surface area contributed by atoms with Gasteiger partial charge in [0.05, 0.1) is 6.61 Å². The van der Waals surface area contributed by atoms with E-state index < -0.39 is 9.08 Å². The van der Waals surface area contributed by atoms with E-state index in [1.54, 1.807) is 24.3 Å². The molecule has 1 N–H and O–H groups in total. The second-order valence-corrected chi connectivity index (χ2v) is 4.14. The zero-order valence-electron chi connectivity index (χ0n) is 8.00. The third-order valence-electron chi connectivity index (χ3n) is 2.06. The molecule has 0 radical (unpaired) electrons. The van der Waals surface area contributed by atoms with Gasteiger partial charge >= 0.3 is 0 Å². The second-order valence-electron chi connectivity index (χ2n) is 2.93. The number of nitrogens with zero attached hydrogens (tertiary/aromatic N) is 1. The lowest BCUT2D eigenvalue weighted by atomic mass is 9.99. The van der Waals surface area contributed by atoms with Gasteiger partial charge in [0.15, 0.2) is 4.75 Å². The largest absolute Gasteiger partial charge is 0.394 e. The monoisotopic (exact) mass is 225 g/mol. The molecular formula is C10H11NO3S. The minimum atomic E-state index is -1.06. The molecule has 1 aromatic rings. The van der Waals surface area contributed by atoms with Crippen LogP contribution in [0.5, 0.6) is 0 Å². The number of benzene rings is 1. The summed E-state index contributed by atoms with van der Waals surface area (Å²) < 4.78 is -1.59. The van der Waals surface area contributed by atoms with Crippen molar-refractivity contribution in [3.8, 4) is 0 Å². The van der Waals surface area contributed by atoms with Crippen molar-refractivity contribution in [3.05, 3.63) is 58.7 Å². The Morgan fingerprint density at radius 3 is 2.53 bits per heavy atom. The summed E-state index contributed by atoms with van der Waals surface area (Å²) in [4.78, 5) is 10.5. The standard InChI is InChI=1S/C10H11NO3S/c1-2-10(8-12,15-11(13)14)9-6-4-3-5-7-9/h2-7,12H,1,8H2. The highest BCUT2D eigenvalue weighted by Crippen LogP contribution is 2.37. The highest BCUT2D eigenvalue weighted by atomic mass is 32.2. The zero-order valence-corrected chi connectivity index (χ0v) is 8.81. The Morgan fingerprint density at radius 1 is 1.53 bits per heavy atom. The molecule has 5 heteroatoms. The molecule has 1 unspecified atom stereocenters. The van der Waals surface area contributed by atoms with Crippen LogP contribution < -0.4 is 0 Å². The Balaban J connectivity index is 3.11. The highest BCUT2D eigenvalue weighted by molar-refractivity contribution is 7.94. The Labute approximate surface area is 91.9 Å². The van der Waals surface area contributed by atoms with Crippen molar-refractivity contribution in [1.29, 1.82) is 0 Å². The fourth-order valence-corrected chi connectivity index (χ4v) is 1.89. The van der Waals surface area contributed by atoms with Gasteiger partial charge in [-0.1, -0.05) is 36.4 Å². The summed E-state index contributed by atoms with van der Waals surface area (Å²) in [5.74, 6) is 0. The molecule has 0 bridgehead atoms. The van der Waals surface area contributed by atoms with Gasteiger partial charge in [-0.15, -0.1) is 6.58 Å². The summed E-state index contributed by atoms with van der Waals surface area (Å²) >= 11 is 0.454. The number of nitro groups is 1. The fraction of sp³-hybridized carbons (Fsp3) is 0.200. The van der Waals surface area contributed by atoms with Gasteiger partial charge in [-0.3, -0.25) is 10.1 Å². The summed E-state index contributed by atoms with van der Waals surface area (Å²) in [7, 11) is 0. The SMILES string of the molecule is C=CC(CO)(S[N+](=O)[O-])c1ccccc1. The van der Waals surface area contributed by atoms with Crippen molar-refractivity contribution in [2.45, 2.75) is 4.75 Å². The predicted octanol–water partition coefficient (Wildman–Crippen LogP) is 1.99. The first-order valence-corrected chi connectivity index (χ1v) is 5.05. The van der Waals surface area contributed by atoms with E-state index in [0.717, 1.165) is 0 Å². The summed E-state index contributed by atoms with van der Waals surface area (Å²) in [5.41, 5.74) is 0.671. The number of rotatable bonds is 5. The Kier molecular flexibility index (Phi) is 3.88. The molecule has 4 nitrogen and oxygen atoms in total. The van der Waals surface area contributed by atoms with Crippen molar-refractivity contribution in [3.63, 3.8) is 0 Å². The van der Waals surface area contributed by atoms with E-state index in [-0.39, 0.29) is 6.61 Å². The number of hydrogen-bond acceptors (Lipinski definition) is 4. The van der Waals surface area contributed by atoms with E-state index in [0.29, 0.717) is 17.5 Å². The van der Waals surface area contributed by atoms with E-state index in [4.69, 9.17) is 0 Å². The predicted molar refractivity (Wildman–Crippen MR) is 60.0 cm³/mol. The minimum absolute atomic E-state index is 0.355. The molecule has 0 spiro atoms. The highest BCUT2D eigenvalue weighted by Gasteiger charge is 2.37. The van der Waals surface area contributed by atoms with E-state index in [1.807, 2.05) is 6.07 Å². The minimum Gasteiger partial charge on any atom is -0.394 e. The molecule has 0 aliphatic rings. The first-order valence-electron chi connectivity index (χ1n) is 4.28. The topological polar surface area (TPSA) is 63.4 Å². The van der Waals surface area contributed by atoms with Gasteiger partial charge in [0.25, 0.3) is 0 Å². The van der Waals surface area contributed by atoms with Crippen molar-refractivity contribution < 1.29 is 9.44 Å². The maximum atomic E-state index is 10.5. The molecular weight excluding hydrogens is 214 g/mol. The lowest BCUT2D eigenvalue weighted by Gasteiger charge is -2.21. The zero-order chi connectivity index (χ0) is 11.3. The maximum Gasteiger partial charge on any atom is 0.246 e. The van der Waals surface area contributed by atoms with Gasteiger partial charge in [0, 0.05) is 0 Å². The van der Waals surface area contributed by atoms with Gasteiger partial charge in [-0.05, 0) is 5.56 Å². The van der Waals surface area contributed by atoms with Crippen LogP contribution in [0.4, 0.5) is 0 Å². The third-order valence-corrected chi connectivity index (χ3v) is 3.07. The lowest BCUT2D eigenvalue weighted by molar-refractivity contribution is -0.286. The van der Waals surface area contributed by atoms with Crippen LogP contribution in [0, 0.1) is 10.1 Å². The van der Waals surface area contributed by atoms with Crippen LogP contribution >= 0.6 is 11.9 Å². The summed E-state index contributed by atoms with van der Waals surface area (Å²) in [5, 5.41) is 19.8. The van der Waals surface area contributed by atoms with Gasteiger partial charge in [-0.2, -0.15) is 0 Å². The van der Waals surface area contributed by atoms with Crippen LogP contribution in [0.2, 0.25) is 0 Å². The van der Waals surface area contributed by atoms with Gasteiger partial charge in [0.1, 0.15) is 4.33 Å². The molecule has 1 atom stereocenters. The molecule has 0 saturated carbocycles. The first kappa shape index (κ1) is 11.7. The average molecular weight is 225 g/mol. The molecule has 0 heterocycles. The number of aliphatic hydroxyl groups excluding tert-OH is 1. The van der Waals surface area contributed by atoms with Crippen molar-refractivity contribution >= 4 is 11.9 Å². The molecule has 0 aliphatic heterocycles. The van der Waals surface area contributed by atoms with Crippen LogP contribution in [0.15, 0.2) is 43.0 Å². The van der Waals surface area contributed by atoms with Gasteiger partial charge in [-0.25, -0.2) is 0 Å². The van der Waals surface area contributed by atoms with E-state index in [2.05, 4.69) is 6.58 Å². The summed E-state index contributed by atoms with van der Waals surface area (Å²) in [6.07, 6.45) is 1.40. The summed E-state index contributed by atoms with van der Waals surface area (Å²) in [6, 6.07) is 8.81. The lowest BCUT2D eigenvalue weighted by Crippen LogP contribution is -2.25. The smallest absolute Gasteiger partial charge is 0.246 e. The molecule has 0 aromatic heterocycles. The normalized spacial score (nSPS) is 14.2. The van der Waals surface area contributed by atoms with E-state index in [1.165, 1.54) is 6.08 Å². The van der Waals surface area contributed by atoms with Crippen LogP contribution in [0.1, 0.15) is 5.56 Å². The van der Waals surface area contributed by atoms with Crippen LogP contribution in [0.25, 0.3) is 0 Å². The molecule has 1 rings (SSSR count). The van der Waals surface area contributed by atoms with E-state index in [9.17, 15) is 15.2 Å². The Bertz CT molecular complexity index is 355. The van der Waals surface area contributed by atoms with Gasteiger partial charge in [0.2, 0.25) is 11.9 Å². The van der Waals surface area contributed by atoms with Crippen molar-refractivity contribution in [2.24, 2.45) is 0 Å². The van der Waals surface area contributed by atoms with Crippen LogP contribution in [0.3, 0.4) is 0 Å². The molecule has 0 saturated heterocycles. The third kappa shape index (κ3) is 2.57. The van der Waals surface area contributed by atoms with Crippen molar-refractivity contribution in [2.75, 3.05) is 6.61 Å². The molecule has 0 amide bonds. The first-order chi connectivity index (χ1) is 7.14. The van der Waals surface area contributed by atoms with Crippen molar-refractivity contribution in [1.82, 2.24) is 0 Å². The number of aliphatic hydroxyl groups is 1. The molecule has 0 aliphatic carbocycles. The van der Waals surface area contributed by atoms with Gasteiger partial charge < -0.3 is 5.11 Å². The Morgan fingerprint density at radius 2 is 2.13 bits per heavy atom. The fourth-order valence-electron chi connectivity index (χ4n) is 1.25. The molecule has 1 aromatic carbocycles. The molecule has 15 heavy (non-hydrogen) atoms.